The van der Waals surface area contributed by atoms with E-state index in [2.05, 4.69) is 18.2 Å². The van der Waals surface area contributed by atoms with Gasteiger partial charge >= 0.3 is 0 Å². The average Bonchev–Trinajstić information content (AvgIpc) is 2.98. The molecule has 1 heteroatoms. The highest BCUT2D eigenvalue weighted by Gasteiger charge is 2.52. The van der Waals surface area contributed by atoms with E-state index in [9.17, 15) is 0 Å². The van der Waals surface area contributed by atoms with Crippen LogP contribution >= 0.6 is 0 Å². The molecule has 0 heterocycles. The van der Waals surface area contributed by atoms with Gasteiger partial charge in [-0.05, 0) is 73.0 Å². The molecule has 102 valence electrons. The Bertz CT molecular complexity index is 467. The fourth-order valence-corrected chi connectivity index (χ4v) is 4.84. The van der Waals surface area contributed by atoms with Gasteiger partial charge in [0.2, 0.25) is 0 Å². The molecule has 19 heavy (non-hydrogen) atoms. The van der Waals surface area contributed by atoms with Crippen LogP contribution in [0.25, 0.3) is 0 Å². The molecule has 4 rings (SSSR count). The van der Waals surface area contributed by atoms with E-state index in [4.69, 9.17) is 5.73 Å². The maximum Gasteiger partial charge on any atom is 0.0113 e. The maximum atomic E-state index is 6.52. The van der Waals surface area contributed by atoms with Crippen LogP contribution in [0, 0.1) is 17.8 Å². The third kappa shape index (κ3) is 2.12. The molecule has 3 aliphatic carbocycles. The monoisotopic (exact) mass is 255 g/mol. The lowest BCUT2D eigenvalue weighted by atomic mass is 9.98. The summed E-state index contributed by atoms with van der Waals surface area (Å²) in [6.45, 7) is 0. The quantitative estimate of drug-likeness (QED) is 0.879. The highest BCUT2D eigenvalue weighted by Crippen LogP contribution is 2.56. The third-order valence-corrected chi connectivity index (χ3v) is 5.85. The van der Waals surface area contributed by atoms with Gasteiger partial charge in [0.25, 0.3) is 0 Å². The number of hydrogen-bond acceptors (Lipinski definition) is 1. The Hall–Kier alpha value is -0.820. The zero-order valence-corrected chi connectivity index (χ0v) is 11.8. The summed E-state index contributed by atoms with van der Waals surface area (Å²) in [6.07, 6.45) is 10.8. The number of hydrogen-bond donors (Lipinski definition) is 1. The highest BCUT2D eigenvalue weighted by atomic mass is 14.7. The van der Waals surface area contributed by atoms with Crippen LogP contribution in [-0.4, -0.2) is 6.04 Å². The SMILES string of the molecule is NC(Cc1ccc2c(c1)CCC2)C1C2CCCCC21. The lowest BCUT2D eigenvalue weighted by Gasteiger charge is -2.13. The molecule has 0 aromatic heterocycles. The molecule has 1 nitrogen and oxygen atoms in total. The first-order valence-electron chi connectivity index (χ1n) is 8.19. The Balaban J connectivity index is 1.44. The minimum atomic E-state index is 0.410. The molecule has 2 N–H and O–H groups in total. The van der Waals surface area contributed by atoms with E-state index in [1.807, 2.05) is 0 Å². The van der Waals surface area contributed by atoms with E-state index in [1.165, 1.54) is 50.5 Å². The molecule has 0 radical (unpaired) electrons. The molecule has 3 aliphatic rings. The predicted octanol–water partition coefficient (Wildman–Crippen LogP) is 3.48. The summed E-state index contributed by atoms with van der Waals surface area (Å²) in [4.78, 5) is 0. The van der Waals surface area contributed by atoms with Gasteiger partial charge < -0.3 is 5.73 Å². The van der Waals surface area contributed by atoms with E-state index in [0.29, 0.717) is 6.04 Å². The van der Waals surface area contributed by atoms with Gasteiger partial charge in [0.05, 0.1) is 0 Å². The van der Waals surface area contributed by atoms with Gasteiger partial charge in [-0.25, -0.2) is 0 Å². The molecule has 0 bridgehead atoms. The van der Waals surface area contributed by atoms with Crippen molar-refractivity contribution in [3.05, 3.63) is 34.9 Å². The second-order valence-corrected chi connectivity index (χ2v) is 7.01. The lowest BCUT2D eigenvalue weighted by molar-refractivity contribution is 0.480. The van der Waals surface area contributed by atoms with Crippen LogP contribution in [0.1, 0.15) is 48.8 Å². The van der Waals surface area contributed by atoms with Crippen molar-refractivity contribution in [2.24, 2.45) is 23.5 Å². The number of fused-ring (bicyclic) bond motifs is 2. The summed E-state index contributed by atoms with van der Waals surface area (Å²) < 4.78 is 0. The molecule has 1 aromatic rings. The third-order valence-electron chi connectivity index (χ3n) is 5.85. The van der Waals surface area contributed by atoms with E-state index in [0.717, 1.165) is 24.2 Å². The van der Waals surface area contributed by atoms with Gasteiger partial charge in [-0.2, -0.15) is 0 Å². The van der Waals surface area contributed by atoms with Gasteiger partial charge in [0.15, 0.2) is 0 Å². The molecular formula is C18H25N. The Labute approximate surface area is 116 Å². The first kappa shape index (κ1) is 12.0. The molecule has 0 amide bonds. The Morgan fingerprint density at radius 2 is 1.74 bits per heavy atom. The summed E-state index contributed by atoms with van der Waals surface area (Å²) in [7, 11) is 0. The first-order valence-corrected chi connectivity index (χ1v) is 8.19. The number of aryl methyl sites for hydroxylation is 2. The zero-order chi connectivity index (χ0) is 12.8. The Morgan fingerprint density at radius 3 is 2.53 bits per heavy atom. The predicted molar refractivity (Wildman–Crippen MR) is 79.1 cm³/mol. The second kappa shape index (κ2) is 4.63. The van der Waals surface area contributed by atoms with E-state index < -0.39 is 0 Å². The van der Waals surface area contributed by atoms with Crippen molar-refractivity contribution in [3.63, 3.8) is 0 Å². The summed E-state index contributed by atoms with van der Waals surface area (Å²) in [6, 6.07) is 7.53. The maximum absolute atomic E-state index is 6.52. The molecular weight excluding hydrogens is 230 g/mol. The van der Waals surface area contributed by atoms with Crippen molar-refractivity contribution in [1.82, 2.24) is 0 Å². The van der Waals surface area contributed by atoms with Crippen LogP contribution in [0.5, 0.6) is 0 Å². The Kier molecular flexibility index (Phi) is 2.91. The topological polar surface area (TPSA) is 26.0 Å². The molecule has 1 aromatic carbocycles. The van der Waals surface area contributed by atoms with Gasteiger partial charge in [0.1, 0.15) is 0 Å². The van der Waals surface area contributed by atoms with Crippen molar-refractivity contribution >= 4 is 0 Å². The van der Waals surface area contributed by atoms with Crippen LogP contribution < -0.4 is 5.73 Å². The van der Waals surface area contributed by atoms with Crippen molar-refractivity contribution in [2.75, 3.05) is 0 Å². The first-order chi connectivity index (χ1) is 9.33. The number of benzene rings is 1. The minimum Gasteiger partial charge on any atom is -0.327 e. The standard InChI is InChI=1S/C18H25N/c19-17(18-15-6-1-2-7-16(15)18)11-12-8-9-13-4-3-5-14(13)10-12/h8-10,15-18H,1-7,11,19H2. The molecule has 3 atom stereocenters. The van der Waals surface area contributed by atoms with Crippen LogP contribution in [0.2, 0.25) is 0 Å². The summed E-state index contributed by atoms with van der Waals surface area (Å²) in [5, 5.41) is 0. The zero-order valence-electron chi connectivity index (χ0n) is 11.8. The average molecular weight is 255 g/mol. The van der Waals surface area contributed by atoms with Crippen LogP contribution in [0.4, 0.5) is 0 Å². The second-order valence-electron chi connectivity index (χ2n) is 7.01. The molecule has 0 aliphatic heterocycles. The van der Waals surface area contributed by atoms with Crippen molar-refractivity contribution in [3.8, 4) is 0 Å². The number of rotatable bonds is 3. The van der Waals surface area contributed by atoms with E-state index in [1.54, 1.807) is 11.1 Å². The lowest BCUT2D eigenvalue weighted by Crippen LogP contribution is -2.26. The molecule has 3 unspecified atom stereocenters. The summed E-state index contributed by atoms with van der Waals surface area (Å²) in [5.41, 5.74) is 11.2. The molecule has 2 fully saturated rings. The number of nitrogens with two attached hydrogens (primary N) is 1. The van der Waals surface area contributed by atoms with Gasteiger partial charge in [-0.15, -0.1) is 0 Å². The van der Waals surface area contributed by atoms with Crippen molar-refractivity contribution in [1.29, 1.82) is 0 Å². The summed E-state index contributed by atoms with van der Waals surface area (Å²) >= 11 is 0. The van der Waals surface area contributed by atoms with Crippen LogP contribution in [0.15, 0.2) is 18.2 Å². The van der Waals surface area contributed by atoms with E-state index >= 15 is 0 Å². The van der Waals surface area contributed by atoms with Gasteiger partial charge in [0, 0.05) is 6.04 Å². The fourth-order valence-electron chi connectivity index (χ4n) is 4.84. The fraction of sp³-hybridized carbons (Fsp3) is 0.667. The summed E-state index contributed by atoms with van der Waals surface area (Å²) in [5.74, 6) is 2.81. The van der Waals surface area contributed by atoms with Crippen LogP contribution in [0.3, 0.4) is 0 Å². The normalized spacial score (nSPS) is 33.6. The van der Waals surface area contributed by atoms with Gasteiger partial charge in [-0.3, -0.25) is 0 Å². The van der Waals surface area contributed by atoms with Crippen LogP contribution in [-0.2, 0) is 19.3 Å². The van der Waals surface area contributed by atoms with Crippen molar-refractivity contribution < 1.29 is 0 Å². The minimum absolute atomic E-state index is 0.410. The largest absolute Gasteiger partial charge is 0.327 e. The highest BCUT2D eigenvalue weighted by molar-refractivity contribution is 5.35. The molecule has 0 spiro atoms. The molecule has 0 saturated heterocycles. The Morgan fingerprint density at radius 1 is 1.00 bits per heavy atom. The van der Waals surface area contributed by atoms with E-state index in [-0.39, 0.29) is 0 Å². The van der Waals surface area contributed by atoms with Gasteiger partial charge in [-0.1, -0.05) is 31.0 Å². The van der Waals surface area contributed by atoms with Crippen molar-refractivity contribution in [2.45, 2.75) is 57.4 Å². The smallest absolute Gasteiger partial charge is 0.0113 e. The molecule has 2 saturated carbocycles.